The molecule has 82 valence electrons. The number of hydrogen-bond donors (Lipinski definition) is 3. The van der Waals surface area contributed by atoms with Gasteiger partial charge in [-0.15, -0.1) is 0 Å². The van der Waals surface area contributed by atoms with Crippen LogP contribution in [-0.2, 0) is 0 Å². The van der Waals surface area contributed by atoms with Gasteiger partial charge in [-0.25, -0.2) is 10.5 Å². The fraction of sp³-hybridized carbons (Fsp3) is 0.222. The number of aliphatic imine (C=N–C) groups is 1. The number of guanidine groups is 1. The largest absolute Gasteiger partial charge is 0.368 e. The van der Waals surface area contributed by atoms with Crippen LogP contribution in [0.15, 0.2) is 23.2 Å². The molecule has 0 aliphatic rings. The molecule has 1 rings (SSSR count). The molecule has 0 fully saturated rings. The zero-order chi connectivity index (χ0) is 11.4. The van der Waals surface area contributed by atoms with Gasteiger partial charge in [0.05, 0.1) is 6.04 Å². The Hall–Kier alpha value is -0.970. The molecule has 0 bridgehead atoms. The number of benzene rings is 1. The van der Waals surface area contributed by atoms with E-state index in [-0.39, 0.29) is 12.0 Å². The molecule has 4 N–H and O–H groups in total. The minimum Gasteiger partial charge on any atom is -0.368 e. The molecule has 1 atom stereocenters. The summed E-state index contributed by atoms with van der Waals surface area (Å²) >= 11 is 11.7. The van der Waals surface area contributed by atoms with Crippen LogP contribution in [0.3, 0.4) is 0 Å². The van der Waals surface area contributed by atoms with Crippen LogP contribution in [0.1, 0.15) is 18.5 Å². The highest BCUT2D eigenvalue weighted by Gasteiger charge is 2.09. The summed E-state index contributed by atoms with van der Waals surface area (Å²) in [5.74, 6) is -0.0616. The van der Waals surface area contributed by atoms with Crippen molar-refractivity contribution in [1.82, 2.24) is 5.48 Å². The molecule has 0 spiro atoms. The first-order valence-electron chi connectivity index (χ1n) is 4.23. The number of nitrogens with zero attached hydrogens (tertiary/aromatic N) is 1. The van der Waals surface area contributed by atoms with Gasteiger partial charge >= 0.3 is 0 Å². The maximum atomic E-state index is 8.48. The van der Waals surface area contributed by atoms with Gasteiger partial charge in [0.2, 0.25) is 5.96 Å². The van der Waals surface area contributed by atoms with Gasteiger partial charge in [-0.05, 0) is 24.6 Å². The molecule has 1 aromatic rings. The maximum absolute atomic E-state index is 8.48. The van der Waals surface area contributed by atoms with Crippen LogP contribution in [0, 0.1) is 0 Å². The van der Waals surface area contributed by atoms with Gasteiger partial charge in [0.25, 0.3) is 0 Å². The van der Waals surface area contributed by atoms with E-state index in [9.17, 15) is 0 Å². The summed E-state index contributed by atoms with van der Waals surface area (Å²) in [4.78, 5) is 3.96. The Bertz CT molecular complexity index is 382. The first-order valence-corrected chi connectivity index (χ1v) is 4.98. The van der Waals surface area contributed by atoms with Crippen LogP contribution >= 0.6 is 23.2 Å². The summed E-state index contributed by atoms with van der Waals surface area (Å²) in [6.07, 6.45) is 0. The zero-order valence-corrected chi connectivity index (χ0v) is 9.55. The van der Waals surface area contributed by atoms with Crippen LogP contribution < -0.4 is 11.2 Å². The van der Waals surface area contributed by atoms with Crippen molar-refractivity contribution in [2.24, 2.45) is 10.7 Å². The van der Waals surface area contributed by atoms with E-state index < -0.39 is 0 Å². The summed E-state index contributed by atoms with van der Waals surface area (Å²) in [7, 11) is 0. The highest BCUT2D eigenvalue weighted by Crippen LogP contribution is 2.27. The first kappa shape index (κ1) is 12.1. The summed E-state index contributed by atoms with van der Waals surface area (Å²) in [6.45, 7) is 1.80. The third-order valence-electron chi connectivity index (χ3n) is 1.86. The molecule has 0 radical (unpaired) electrons. The molecule has 6 heteroatoms. The fourth-order valence-electron chi connectivity index (χ4n) is 1.15. The molecular formula is C9H11Cl2N3O. The highest BCUT2D eigenvalue weighted by molar-refractivity contribution is 6.35. The molecule has 0 saturated heterocycles. The minimum atomic E-state index is -0.255. The predicted molar refractivity (Wildman–Crippen MR) is 61.4 cm³/mol. The number of nitrogens with one attached hydrogen (secondary N) is 1. The molecule has 0 heterocycles. The van der Waals surface area contributed by atoms with Gasteiger partial charge in [-0.2, -0.15) is 0 Å². The van der Waals surface area contributed by atoms with Crippen LogP contribution in [0.25, 0.3) is 0 Å². The Morgan fingerprint density at radius 2 is 2.20 bits per heavy atom. The summed E-state index contributed by atoms with van der Waals surface area (Å²) in [5.41, 5.74) is 7.86. The molecule has 0 aromatic heterocycles. The van der Waals surface area contributed by atoms with E-state index in [2.05, 4.69) is 4.99 Å². The number of nitrogens with two attached hydrogens (primary N) is 1. The molecule has 1 aromatic carbocycles. The second-order valence-electron chi connectivity index (χ2n) is 2.97. The van der Waals surface area contributed by atoms with Crippen LogP contribution in [-0.4, -0.2) is 11.2 Å². The Balaban J connectivity index is 2.96. The third kappa shape index (κ3) is 3.27. The van der Waals surface area contributed by atoms with Crippen molar-refractivity contribution >= 4 is 29.2 Å². The van der Waals surface area contributed by atoms with E-state index in [4.69, 9.17) is 34.1 Å². The smallest absolute Gasteiger partial charge is 0.213 e. The van der Waals surface area contributed by atoms with Gasteiger partial charge < -0.3 is 5.73 Å². The van der Waals surface area contributed by atoms with Gasteiger partial charge in [0, 0.05) is 10.0 Å². The summed E-state index contributed by atoms with van der Waals surface area (Å²) < 4.78 is 0. The van der Waals surface area contributed by atoms with Crippen molar-refractivity contribution in [1.29, 1.82) is 0 Å². The molecule has 1 unspecified atom stereocenters. The van der Waals surface area contributed by atoms with Crippen molar-refractivity contribution in [3.05, 3.63) is 33.8 Å². The van der Waals surface area contributed by atoms with Crippen molar-refractivity contribution in [3.8, 4) is 0 Å². The van der Waals surface area contributed by atoms with E-state index >= 15 is 0 Å². The van der Waals surface area contributed by atoms with E-state index in [1.807, 2.05) is 0 Å². The van der Waals surface area contributed by atoms with Crippen LogP contribution in [0.5, 0.6) is 0 Å². The SMILES string of the molecule is CC(N=C(N)NO)c1ccc(Cl)cc1Cl. The van der Waals surface area contributed by atoms with Gasteiger partial charge in [-0.3, -0.25) is 5.21 Å². The van der Waals surface area contributed by atoms with Gasteiger partial charge in [0.1, 0.15) is 0 Å². The number of rotatable bonds is 2. The van der Waals surface area contributed by atoms with E-state index in [1.165, 1.54) is 0 Å². The van der Waals surface area contributed by atoms with Crippen molar-refractivity contribution in [2.75, 3.05) is 0 Å². The Morgan fingerprint density at radius 3 is 2.73 bits per heavy atom. The minimum absolute atomic E-state index is 0.0616. The fourth-order valence-corrected chi connectivity index (χ4v) is 1.71. The van der Waals surface area contributed by atoms with Crippen molar-refractivity contribution in [2.45, 2.75) is 13.0 Å². The molecule has 15 heavy (non-hydrogen) atoms. The number of halogens is 2. The maximum Gasteiger partial charge on any atom is 0.213 e. The van der Waals surface area contributed by atoms with Gasteiger partial charge in [0.15, 0.2) is 0 Å². The Kier molecular flexibility index (Phi) is 4.20. The van der Waals surface area contributed by atoms with Gasteiger partial charge in [-0.1, -0.05) is 29.3 Å². The summed E-state index contributed by atoms with van der Waals surface area (Å²) in [5, 5.41) is 9.57. The average Bonchev–Trinajstić information content (AvgIpc) is 2.17. The number of hydroxylamine groups is 1. The predicted octanol–water partition coefficient (Wildman–Crippen LogP) is 2.35. The second kappa shape index (κ2) is 5.21. The molecular weight excluding hydrogens is 237 g/mol. The van der Waals surface area contributed by atoms with Crippen molar-refractivity contribution in [3.63, 3.8) is 0 Å². The molecule has 0 saturated carbocycles. The number of hydrogen-bond acceptors (Lipinski definition) is 2. The van der Waals surface area contributed by atoms with E-state index in [1.54, 1.807) is 30.6 Å². The van der Waals surface area contributed by atoms with E-state index in [0.29, 0.717) is 10.0 Å². The molecule has 4 nitrogen and oxygen atoms in total. The lowest BCUT2D eigenvalue weighted by atomic mass is 10.1. The van der Waals surface area contributed by atoms with E-state index in [0.717, 1.165) is 5.56 Å². The standard InChI is InChI=1S/C9H11Cl2N3O/c1-5(13-9(12)14-15)7-3-2-6(10)4-8(7)11/h2-5,15H,1H3,(H3,12,13,14). The Morgan fingerprint density at radius 1 is 1.53 bits per heavy atom. The highest BCUT2D eigenvalue weighted by atomic mass is 35.5. The molecule has 0 aliphatic carbocycles. The lowest BCUT2D eigenvalue weighted by molar-refractivity contribution is 0.232. The lowest BCUT2D eigenvalue weighted by Gasteiger charge is -2.10. The Labute approximate surface area is 97.7 Å². The zero-order valence-electron chi connectivity index (χ0n) is 8.04. The topological polar surface area (TPSA) is 70.6 Å². The molecule has 0 amide bonds. The monoisotopic (exact) mass is 247 g/mol. The van der Waals surface area contributed by atoms with Crippen LogP contribution in [0.4, 0.5) is 0 Å². The normalized spacial score (nSPS) is 13.7. The average molecular weight is 248 g/mol. The van der Waals surface area contributed by atoms with Crippen LogP contribution in [0.2, 0.25) is 10.0 Å². The lowest BCUT2D eigenvalue weighted by Crippen LogP contribution is -2.28. The third-order valence-corrected chi connectivity index (χ3v) is 2.42. The first-order chi connectivity index (χ1) is 7.04. The summed E-state index contributed by atoms with van der Waals surface area (Å²) in [6, 6.07) is 4.86. The van der Waals surface area contributed by atoms with Crippen molar-refractivity contribution < 1.29 is 5.21 Å². The second-order valence-corrected chi connectivity index (χ2v) is 3.81. The molecule has 0 aliphatic heterocycles. The quantitative estimate of drug-likeness (QED) is 0.427.